The highest BCUT2D eigenvalue weighted by Gasteiger charge is 2.24. The van der Waals surface area contributed by atoms with Crippen LogP contribution in [0.4, 0.5) is 5.82 Å². The Balaban J connectivity index is 2.24. The van der Waals surface area contributed by atoms with Crippen LogP contribution in [0.5, 0.6) is 0 Å². The molecule has 1 aliphatic heterocycles. The summed E-state index contributed by atoms with van der Waals surface area (Å²) in [5.41, 5.74) is 5.58. The van der Waals surface area contributed by atoms with Gasteiger partial charge in [-0.2, -0.15) is 5.10 Å². The molecular formula is C8H11BrN4O. The second kappa shape index (κ2) is 3.61. The maximum atomic E-state index is 11.5. The summed E-state index contributed by atoms with van der Waals surface area (Å²) in [5.74, 6) is 0.439. The average Bonchev–Trinajstić information content (AvgIpc) is 2.48. The van der Waals surface area contributed by atoms with Crippen LogP contribution in [0.1, 0.15) is 18.9 Å². The van der Waals surface area contributed by atoms with Gasteiger partial charge in [0.2, 0.25) is 5.91 Å². The number of nitrogen functional groups attached to an aromatic ring is 1. The number of nitrogens with one attached hydrogen (secondary N) is 1. The minimum atomic E-state index is -0.211. The molecule has 1 fully saturated rings. The first kappa shape index (κ1) is 9.51. The second-order valence-corrected chi connectivity index (χ2v) is 4.15. The summed E-state index contributed by atoms with van der Waals surface area (Å²) in [6.07, 6.45) is 3.54. The zero-order chi connectivity index (χ0) is 10.1. The molecule has 1 saturated heterocycles. The topological polar surface area (TPSA) is 72.9 Å². The van der Waals surface area contributed by atoms with Crippen LogP contribution in [-0.4, -0.2) is 22.2 Å². The quantitative estimate of drug-likeness (QED) is 0.778. The van der Waals surface area contributed by atoms with E-state index in [2.05, 4.69) is 26.3 Å². The molecule has 0 radical (unpaired) electrons. The Hall–Kier alpha value is -1.04. The molecule has 3 N–H and O–H groups in total. The van der Waals surface area contributed by atoms with E-state index in [0.29, 0.717) is 5.82 Å². The normalized spacial score (nSPS) is 22.1. The minimum Gasteiger partial charge on any atom is -0.381 e. The van der Waals surface area contributed by atoms with Crippen molar-refractivity contribution in [3.05, 3.63) is 10.7 Å². The highest BCUT2D eigenvalue weighted by atomic mass is 79.9. The maximum Gasteiger partial charge on any atom is 0.244 e. The van der Waals surface area contributed by atoms with Crippen LogP contribution in [0.25, 0.3) is 0 Å². The predicted molar refractivity (Wildman–Crippen MR) is 55.6 cm³/mol. The summed E-state index contributed by atoms with van der Waals surface area (Å²) in [7, 11) is 0. The summed E-state index contributed by atoms with van der Waals surface area (Å²) < 4.78 is 2.35. The SMILES string of the molecule is Nc1nn(C2CCCNC2=O)cc1Br. The van der Waals surface area contributed by atoms with Crippen molar-refractivity contribution in [1.82, 2.24) is 15.1 Å². The van der Waals surface area contributed by atoms with Crippen molar-refractivity contribution >= 4 is 27.7 Å². The summed E-state index contributed by atoms with van der Waals surface area (Å²) in [6.45, 7) is 0.757. The van der Waals surface area contributed by atoms with Crippen LogP contribution in [0.2, 0.25) is 0 Å². The molecule has 76 valence electrons. The number of carbonyl (C=O) groups is 1. The highest BCUT2D eigenvalue weighted by molar-refractivity contribution is 9.10. The van der Waals surface area contributed by atoms with E-state index in [1.165, 1.54) is 0 Å². The van der Waals surface area contributed by atoms with Crippen molar-refractivity contribution in [3.8, 4) is 0 Å². The van der Waals surface area contributed by atoms with E-state index in [0.717, 1.165) is 23.9 Å². The molecule has 1 amide bonds. The van der Waals surface area contributed by atoms with Gasteiger partial charge in [0.05, 0.1) is 4.47 Å². The summed E-state index contributed by atoms with van der Waals surface area (Å²) in [5, 5.41) is 6.87. The number of amides is 1. The number of anilines is 1. The van der Waals surface area contributed by atoms with Gasteiger partial charge < -0.3 is 11.1 Å². The summed E-state index contributed by atoms with van der Waals surface area (Å²) >= 11 is 3.26. The zero-order valence-corrected chi connectivity index (χ0v) is 9.12. The lowest BCUT2D eigenvalue weighted by atomic mass is 10.1. The fourth-order valence-corrected chi connectivity index (χ4v) is 1.84. The van der Waals surface area contributed by atoms with Crippen LogP contribution < -0.4 is 11.1 Å². The molecule has 0 bridgehead atoms. The average molecular weight is 259 g/mol. The molecule has 2 rings (SSSR count). The Morgan fingerprint density at radius 2 is 2.50 bits per heavy atom. The number of rotatable bonds is 1. The molecule has 6 heteroatoms. The third-order valence-electron chi connectivity index (χ3n) is 2.29. The zero-order valence-electron chi connectivity index (χ0n) is 7.53. The number of nitrogens with zero attached hydrogens (tertiary/aromatic N) is 2. The van der Waals surface area contributed by atoms with E-state index < -0.39 is 0 Å². The number of halogens is 1. The largest absolute Gasteiger partial charge is 0.381 e. The molecule has 0 saturated carbocycles. The first-order chi connectivity index (χ1) is 6.68. The van der Waals surface area contributed by atoms with Gasteiger partial charge in [-0.1, -0.05) is 0 Å². The van der Waals surface area contributed by atoms with E-state index in [9.17, 15) is 4.79 Å². The van der Waals surface area contributed by atoms with Crippen molar-refractivity contribution in [2.75, 3.05) is 12.3 Å². The molecule has 2 heterocycles. The molecule has 1 unspecified atom stereocenters. The second-order valence-electron chi connectivity index (χ2n) is 3.29. The molecule has 0 spiro atoms. The van der Waals surface area contributed by atoms with Crippen LogP contribution in [0.15, 0.2) is 10.7 Å². The van der Waals surface area contributed by atoms with Crippen molar-refractivity contribution in [3.63, 3.8) is 0 Å². The smallest absolute Gasteiger partial charge is 0.244 e. The first-order valence-corrected chi connectivity index (χ1v) is 5.25. The summed E-state index contributed by atoms with van der Waals surface area (Å²) in [6, 6.07) is -0.211. The Morgan fingerprint density at radius 3 is 3.07 bits per heavy atom. The fourth-order valence-electron chi connectivity index (χ4n) is 1.55. The number of hydrogen-bond acceptors (Lipinski definition) is 3. The number of carbonyl (C=O) groups excluding carboxylic acids is 1. The van der Waals surface area contributed by atoms with E-state index in [-0.39, 0.29) is 11.9 Å². The molecule has 0 aromatic carbocycles. The van der Waals surface area contributed by atoms with Crippen LogP contribution >= 0.6 is 15.9 Å². The van der Waals surface area contributed by atoms with Gasteiger partial charge in [-0.05, 0) is 28.8 Å². The first-order valence-electron chi connectivity index (χ1n) is 4.46. The lowest BCUT2D eigenvalue weighted by Gasteiger charge is -2.21. The lowest BCUT2D eigenvalue weighted by Crippen LogP contribution is -2.38. The van der Waals surface area contributed by atoms with Crippen LogP contribution in [0.3, 0.4) is 0 Å². The molecule has 1 aromatic heterocycles. The van der Waals surface area contributed by atoms with Gasteiger partial charge in [-0.3, -0.25) is 9.48 Å². The highest BCUT2D eigenvalue weighted by Crippen LogP contribution is 2.23. The van der Waals surface area contributed by atoms with Crippen molar-refractivity contribution in [2.45, 2.75) is 18.9 Å². The van der Waals surface area contributed by atoms with Gasteiger partial charge in [0.15, 0.2) is 5.82 Å². The molecule has 1 atom stereocenters. The number of hydrogen-bond donors (Lipinski definition) is 2. The molecular weight excluding hydrogens is 248 g/mol. The molecule has 0 aliphatic carbocycles. The lowest BCUT2D eigenvalue weighted by molar-refractivity contribution is -0.126. The molecule has 14 heavy (non-hydrogen) atoms. The van der Waals surface area contributed by atoms with Gasteiger partial charge in [-0.15, -0.1) is 0 Å². The van der Waals surface area contributed by atoms with Crippen molar-refractivity contribution in [2.24, 2.45) is 0 Å². The standard InChI is InChI=1S/C8H11BrN4O/c9-5-4-13(12-7(5)10)6-2-1-3-11-8(6)14/h4,6H,1-3H2,(H2,10,12)(H,11,14). The number of aromatic nitrogens is 2. The van der Waals surface area contributed by atoms with Gasteiger partial charge in [-0.25, -0.2) is 0 Å². The third kappa shape index (κ3) is 1.61. The monoisotopic (exact) mass is 258 g/mol. The summed E-state index contributed by atoms with van der Waals surface area (Å²) in [4.78, 5) is 11.5. The number of nitrogens with two attached hydrogens (primary N) is 1. The van der Waals surface area contributed by atoms with E-state index in [1.54, 1.807) is 10.9 Å². The maximum absolute atomic E-state index is 11.5. The Kier molecular flexibility index (Phi) is 2.45. The third-order valence-corrected chi connectivity index (χ3v) is 2.90. The van der Waals surface area contributed by atoms with Gasteiger partial charge in [0.1, 0.15) is 6.04 Å². The van der Waals surface area contributed by atoms with E-state index in [4.69, 9.17) is 5.73 Å². The molecule has 1 aliphatic rings. The fraction of sp³-hybridized carbons (Fsp3) is 0.500. The van der Waals surface area contributed by atoms with Crippen molar-refractivity contribution < 1.29 is 4.79 Å². The molecule has 1 aromatic rings. The van der Waals surface area contributed by atoms with Gasteiger partial charge in [0.25, 0.3) is 0 Å². The van der Waals surface area contributed by atoms with Crippen LogP contribution in [-0.2, 0) is 4.79 Å². The Labute approximate surface area is 89.8 Å². The van der Waals surface area contributed by atoms with E-state index in [1.807, 2.05) is 0 Å². The molecule has 5 nitrogen and oxygen atoms in total. The minimum absolute atomic E-state index is 0.0197. The van der Waals surface area contributed by atoms with E-state index >= 15 is 0 Å². The van der Waals surface area contributed by atoms with Gasteiger partial charge in [0, 0.05) is 12.7 Å². The van der Waals surface area contributed by atoms with Gasteiger partial charge >= 0.3 is 0 Å². The van der Waals surface area contributed by atoms with Crippen molar-refractivity contribution in [1.29, 1.82) is 0 Å². The van der Waals surface area contributed by atoms with Crippen LogP contribution in [0, 0.1) is 0 Å². The Bertz CT molecular complexity index is 343. The number of piperidine rings is 1. The Morgan fingerprint density at radius 1 is 1.71 bits per heavy atom. The predicted octanol–water partition coefficient (Wildman–Crippen LogP) is 0.679.